The SMILES string of the molecule is COc1c(/C(C)=C/C(=O)Nc2cccc3ncccc23)cc2c3c(oc2c1C)CCCC3. The minimum absolute atomic E-state index is 0.187. The maximum absolute atomic E-state index is 12.9. The summed E-state index contributed by atoms with van der Waals surface area (Å²) in [6.07, 6.45) is 7.74. The van der Waals surface area contributed by atoms with Gasteiger partial charge in [-0.05, 0) is 69.0 Å². The largest absolute Gasteiger partial charge is 0.496 e. The summed E-state index contributed by atoms with van der Waals surface area (Å²) >= 11 is 0. The van der Waals surface area contributed by atoms with Crippen molar-refractivity contribution in [3.05, 3.63) is 71.1 Å². The van der Waals surface area contributed by atoms with Crippen molar-refractivity contribution in [2.24, 2.45) is 0 Å². The van der Waals surface area contributed by atoms with Gasteiger partial charge in [-0.2, -0.15) is 0 Å². The second kappa shape index (κ2) is 8.15. The van der Waals surface area contributed by atoms with Crippen molar-refractivity contribution >= 4 is 39.0 Å². The van der Waals surface area contributed by atoms with Crippen LogP contribution in [-0.4, -0.2) is 18.0 Å². The van der Waals surface area contributed by atoms with Crippen LogP contribution < -0.4 is 10.1 Å². The van der Waals surface area contributed by atoms with Gasteiger partial charge in [0.15, 0.2) is 0 Å². The third-order valence-corrected chi connectivity index (χ3v) is 6.31. The number of aromatic nitrogens is 1. The second-order valence-electron chi connectivity index (χ2n) is 8.36. The number of pyridine rings is 1. The van der Waals surface area contributed by atoms with Crippen molar-refractivity contribution in [3.63, 3.8) is 0 Å². The molecule has 2 aromatic heterocycles. The number of hydrogen-bond acceptors (Lipinski definition) is 4. The van der Waals surface area contributed by atoms with E-state index in [1.54, 1.807) is 19.4 Å². The van der Waals surface area contributed by atoms with Crippen LogP contribution in [0.4, 0.5) is 5.69 Å². The van der Waals surface area contributed by atoms with Gasteiger partial charge in [-0.15, -0.1) is 0 Å². The molecule has 1 aliphatic carbocycles. The minimum atomic E-state index is -0.187. The monoisotopic (exact) mass is 426 g/mol. The number of hydrogen-bond donors (Lipinski definition) is 1. The lowest BCUT2D eigenvalue weighted by atomic mass is 9.93. The summed E-state index contributed by atoms with van der Waals surface area (Å²) in [5.41, 5.74) is 6.53. The number of carbonyl (C=O) groups excluding carboxylic acids is 1. The van der Waals surface area contributed by atoms with Crippen molar-refractivity contribution in [1.82, 2.24) is 4.98 Å². The summed E-state index contributed by atoms with van der Waals surface area (Å²) in [4.78, 5) is 17.3. The average Bonchev–Trinajstić information content (AvgIpc) is 3.18. The summed E-state index contributed by atoms with van der Waals surface area (Å²) in [5, 5.41) is 5.06. The smallest absolute Gasteiger partial charge is 0.248 e. The normalized spacial score (nSPS) is 13.9. The van der Waals surface area contributed by atoms with Crippen LogP contribution in [0.15, 0.2) is 53.1 Å². The third kappa shape index (κ3) is 3.44. The summed E-state index contributed by atoms with van der Waals surface area (Å²) in [7, 11) is 1.66. The molecule has 0 atom stereocenters. The van der Waals surface area contributed by atoms with Crippen molar-refractivity contribution in [3.8, 4) is 5.75 Å². The zero-order valence-electron chi connectivity index (χ0n) is 18.6. The molecule has 1 N–H and O–H groups in total. The molecule has 5 nitrogen and oxygen atoms in total. The molecule has 0 bridgehead atoms. The van der Waals surface area contributed by atoms with Gasteiger partial charge >= 0.3 is 0 Å². The number of amides is 1. The number of methoxy groups -OCH3 is 1. The van der Waals surface area contributed by atoms with E-state index in [9.17, 15) is 4.79 Å². The lowest BCUT2D eigenvalue weighted by Crippen LogP contribution is -2.09. The molecular weight excluding hydrogens is 400 g/mol. The van der Waals surface area contributed by atoms with Crippen LogP contribution in [-0.2, 0) is 17.6 Å². The van der Waals surface area contributed by atoms with Gasteiger partial charge < -0.3 is 14.5 Å². The van der Waals surface area contributed by atoms with Gasteiger partial charge in [0.1, 0.15) is 17.1 Å². The van der Waals surface area contributed by atoms with Gasteiger partial charge in [0.2, 0.25) is 5.91 Å². The molecule has 0 unspecified atom stereocenters. The average molecular weight is 427 g/mol. The fourth-order valence-electron chi connectivity index (χ4n) is 4.75. The lowest BCUT2D eigenvalue weighted by Gasteiger charge is -2.14. The number of aryl methyl sites for hydroxylation is 3. The van der Waals surface area contributed by atoms with Crippen molar-refractivity contribution < 1.29 is 13.9 Å². The van der Waals surface area contributed by atoms with E-state index in [0.29, 0.717) is 0 Å². The molecule has 162 valence electrons. The third-order valence-electron chi connectivity index (χ3n) is 6.31. The first-order valence-electron chi connectivity index (χ1n) is 11.0. The maximum Gasteiger partial charge on any atom is 0.248 e. The molecule has 2 heterocycles. The van der Waals surface area contributed by atoms with E-state index in [1.165, 1.54) is 18.4 Å². The fourth-order valence-corrected chi connectivity index (χ4v) is 4.75. The second-order valence-corrected chi connectivity index (χ2v) is 8.36. The van der Waals surface area contributed by atoms with E-state index < -0.39 is 0 Å². The molecule has 1 aliphatic rings. The number of furan rings is 1. The van der Waals surface area contributed by atoms with Gasteiger partial charge in [-0.1, -0.05) is 6.07 Å². The van der Waals surface area contributed by atoms with Crippen LogP contribution in [0.5, 0.6) is 5.75 Å². The molecule has 0 fully saturated rings. The Labute approximate surface area is 187 Å². The van der Waals surface area contributed by atoms with Crippen LogP contribution in [0.3, 0.4) is 0 Å². The molecule has 2 aromatic carbocycles. The zero-order chi connectivity index (χ0) is 22.2. The topological polar surface area (TPSA) is 64.4 Å². The van der Waals surface area contributed by atoms with Gasteiger partial charge in [0, 0.05) is 46.2 Å². The number of nitrogens with one attached hydrogen (secondary N) is 1. The highest BCUT2D eigenvalue weighted by molar-refractivity contribution is 6.08. The number of nitrogens with zero attached hydrogens (tertiary/aromatic N) is 1. The first-order valence-corrected chi connectivity index (χ1v) is 11.0. The van der Waals surface area contributed by atoms with Gasteiger partial charge in [-0.25, -0.2) is 0 Å². The Balaban J connectivity index is 1.53. The Morgan fingerprint density at radius 3 is 2.84 bits per heavy atom. The van der Waals surface area contributed by atoms with E-state index in [4.69, 9.17) is 9.15 Å². The van der Waals surface area contributed by atoms with E-state index in [1.807, 2.05) is 44.2 Å². The standard InChI is InChI=1S/C27H26N2O3/c1-16(14-25(30)29-23-11-6-10-22-19(23)9-7-13-28-22)20-15-21-18-8-4-5-12-24(18)32-27(21)17(2)26(20)31-3/h6-7,9-11,13-15H,4-5,8,12H2,1-3H3,(H,29,30)/b16-14+. The van der Waals surface area contributed by atoms with Crippen LogP contribution in [0.2, 0.25) is 0 Å². The zero-order valence-corrected chi connectivity index (χ0v) is 18.6. The van der Waals surface area contributed by atoms with Crippen LogP contribution in [0.1, 0.15) is 42.2 Å². The van der Waals surface area contributed by atoms with E-state index >= 15 is 0 Å². The van der Waals surface area contributed by atoms with E-state index in [2.05, 4.69) is 16.4 Å². The molecule has 0 saturated carbocycles. The first-order chi connectivity index (χ1) is 15.6. The molecule has 5 rings (SSSR count). The molecule has 0 aliphatic heterocycles. The van der Waals surface area contributed by atoms with E-state index in [0.717, 1.165) is 68.6 Å². The highest BCUT2D eigenvalue weighted by atomic mass is 16.5. The lowest BCUT2D eigenvalue weighted by molar-refractivity contribution is -0.111. The van der Waals surface area contributed by atoms with Gasteiger partial charge in [0.25, 0.3) is 0 Å². The summed E-state index contributed by atoms with van der Waals surface area (Å²) in [5.74, 6) is 1.66. The van der Waals surface area contributed by atoms with Crippen molar-refractivity contribution in [2.45, 2.75) is 39.5 Å². The number of benzene rings is 2. The molecule has 1 amide bonds. The number of allylic oxidation sites excluding steroid dienone is 1. The summed E-state index contributed by atoms with van der Waals surface area (Å²) in [6.45, 7) is 3.97. The number of fused-ring (bicyclic) bond motifs is 4. The van der Waals surface area contributed by atoms with Crippen molar-refractivity contribution in [1.29, 1.82) is 0 Å². The molecule has 32 heavy (non-hydrogen) atoms. The summed E-state index contributed by atoms with van der Waals surface area (Å²) < 4.78 is 12.0. The van der Waals surface area contributed by atoms with Crippen molar-refractivity contribution in [2.75, 3.05) is 12.4 Å². The Morgan fingerprint density at radius 2 is 2.00 bits per heavy atom. The fraction of sp³-hybridized carbons (Fsp3) is 0.259. The quantitative estimate of drug-likeness (QED) is 0.394. The Bertz CT molecular complexity index is 1380. The highest BCUT2D eigenvalue weighted by Gasteiger charge is 2.23. The van der Waals surface area contributed by atoms with Crippen LogP contribution in [0.25, 0.3) is 27.4 Å². The molecule has 0 spiro atoms. The molecule has 0 radical (unpaired) electrons. The number of carbonyl (C=O) groups is 1. The number of anilines is 1. The maximum atomic E-state index is 12.9. The number of rotatable bonds is 4. The predicted molar refractivity (Wildman–Crippen MR) is 128 cm³/mol. The predicted octanol–water partition coefficient (Wildman–Crippen LogP) is 6.22. The molecule has 0 saturated heterocycles. The van der Waals surface area contributed by atoms with Gasteiger partial charge in [0.05, 0.1) is 18.3 Å². The van der Waals surface area contributed by atoms with Crippen LogP contribution in [0, 0.1) is 6.92 Å². The molecule has 4 aromatic rings. The highest BCUT2D eigenvalue weighted by Crippen LogP contribution is 2.41. The first kappa shape index (κ1) is 20.3. The summed E-state index contributed by atoms with van der Waals surface area (Å²) in [6, 6.07) is 11.7. The Kier molecular flexibility index (Phi) is 5.17. The molecular formula is C27H26N2O3. The Morgan fingerprint density at radius 1 is 1.16 bits per heavy atom. The minimum Gasteiger partial charge on any atom is -0.496 e. The Hall–Kier alpha value is -3.60. The molecule has 5 heteroatoms. The van der Waals surface area contributed by atoms with Crippen LogP contribution >= 0.6 is 0 Å². The van der Waals surface area contributed by atoms with Gasteiger partial charge in [-0.3, -0.25) is 9.78 Å². The van der Waals surface area contributed by atoms with E-state index in [-0.39, 0.29) is 5.91 Å². The number of ether oxygens (including phenoxy) is 1.